The number of aliphatic hydroxyl groups is 1. The van der Waals surface area contributed by atoms with E-state index in [0.717, 1.165) is 5.56 Å². The highest BCUT2D eigenvalue weighted by atomic mass is 16.5. The number of aryl methyl sites for hydroxylation is 2. The zero-order chi connectivity index (χ0) is 17.0. The van der Waals surface area contributed by atoms with Gasteiger partial charge in [0.25, 0.3) is 5.91 Å². The quantitative estimate of drug-likeness (QED) is 0.775. The smallest absolute Gasteiger partial charge is 0.268 e. The van der Waals surface area contributed by atoms with Crippen molar-refractivity contribution in [1.29, 1.82) is 0 Å². The lowest BCUT2D eigenvalue weighted by molar-refractivity contribution is -0.0388. The molecule has 2 N–H and O–H groups in total. The molecule has 0 fully saturated rings. The summed E-state index contributed by atoms with van der Waals surface area (Å²) in [4.78, 5) is 12.4. The van der Waals surface area contributed by atoms with E-state index in [2.05, 4.69) is 5.32 Å². The van der Waals surface area contributed by atoms with Crippen LogP contribution in [-0.4, -0.2) is 39.9 Å². The van der Waals surface area contributed by atoms with E-state index in [1.165, 1.54) is 0 Å². The molecular weight excluding hydrogens is 280 g/mol. The highest BCUT2D eigenvalue weighted by Crippen LogP contribution is 2.17. The fourth-order valence-electron chi connectivity index (χ4n) is 2.31. The number of rotatable bonds is 8. The monoisotopic (exact) mass is 310 g/mol. The second-order valence-corrected chi connectivity index (χ2v) is 7.18. The van der Waals surface area contributed by atoms with Gasteiger partial charge in [0.1, 0.15) is 5.69 Å². The highest BCUT2D eigenvalue weighted by Gasteiger charge is 2.24. The first kappa shape index (κ1) is 18.7. The Kier molecular flexibility index (Phi) is 6.20. The molecule has 22 heavy (non-hydrogen) atoms. The van der Waals surface area contributed by atoms with Crippen LogP contribution in [0.1, 0.15) is 56.6 Å². The average Bonchev–Trinajstić information content (AvgIpc) is 2.67. The van der Waals surface area contributed by atoms with Crippen LogP contribution in [0.5, 0.6) is 0 Å². The van der Waals surface area contributed by atoms with Gasteiger partial charge in [0.2, 0.25) is 0 Å². The molecule has 5 nitrogen and oxygen atoms in total. The molecule has 0 saturated carbocycles. The highest BCUT2D eigenvalue weighted by molar-refractivity contribution is 5.93. The second kappa shape index (κ2) is 7.29. The van der Waals surface area contributed by atoms with Gasteiger partial charge in [-0.3, -0.25) is 4.79 Å². The van der Waals surface area contributed by atoms with Crippen LogP contribution < -0.4 is 5.32 Å². The molecule has 0 unspecified atom stereocenters. The number of hydrogen-bond donors (Lipinski definition) is 2. The van der Waals surface area contributed by atoms with Crippen molar-refractivity contribution in [2.75, 3.05) is 13.2 Å². The Hall–Kier alpha value is -1.33. The Morgan fingerprint density at radius 2 is 1.95 bits per heavy atom. The molecule has 0 aliphatic heterocycles. The number of ether oxygens (including phenoxy) is 1. The molecule has 0 radical (unpaired) electrons. The number of aromatic nitrogens is 1. The summed E-state index contributed by atoms with van der Waals surface area (Å²) in [6, 6.07) is 1.88. The average molecular weight is 310 g/mol. The summed E-state index contributed by atoms with van der Waals surface area (Å²) in [6.07, 6.45) is 3.24. The Balaban J connectivity index is 2.53. The summed E-state index contributed by atoms with van der Waals surface area (Å²) in [5.74, 6) is -0.0739. The molecule has 1 heterocycles. The van der Waals surface area contributed by atoms with E-state index in [9.17, 15) is 4.79 Å². The predicted octanol–water partition coefficient (Wildman–Crippen LogP) is 2.41. The number of nitrogens with one attached hydrogen (secondary N) is 1. The standard InChI is InChI=1S/C17H30N2O3/c1-13-11-14(19(6)12-13)15(21)18-16(2,3)8-10-22-17(4,5)7-9-20/h11-12,20H,7-10H2,1-6H3,(H,18,21). The number of hydrogen-bond acceptors (Lipinski definition) is 3. The third-order valence-corrected chi connectivity index (χ3v) is 3.76. The van der Waals surface area contributed by atoms with E-state index in [0.29, 0.717) is 25.1 Å². The molecule has 0 saturated heterocycles. The number of carbonyl (C=O) groups excluding carboxylic acids is 1. The minimum Gasteiger partial charge on any atom is -0.396 e. The van der Waals surface area contributed by atoms with Gasteiger partial charge in [-0.25, -0.2) is 0 Å². The first-order chi connectivity index (χ1) is 10.1. The Morgan fingerprint density at radius 3 is 2.45 bits per heavy atom. The van der Waals surface area contributed by atoms with Crippen LogP contribution in [-0.2, 0) is 11.8 Å². The van der Waals surface area contributed by atoms with Crippen LogP contribution in [0.3, 0.4) is 0 Å². The van der Waals surface area contributed by atoms with Gasteiger partial charge in [-0.15, -0.1) is 0 Å². The summed E-state index contributed by atoms with van der Waals surface area (Å²) in [5, 5.41) is 12.1. The van der Waals surface area contributed by atoms with Gasteiger partial charge in [0, 0.05) is 32.0 Å². The molecule has 0 aliphatic carbocycles. The second-order valence-electron chi connectivity index (χ2n) is 7.18. The lowest BCUT2D eigenvalue weighted by Gasteiger charge is -2.30. The summed E-state index contributed by atoms with van der Waals surface area (Å²) in [5.41, 5.74) is 1.03. The molecule has 0 atom stereocenters. The summed E-state index contributed by atoms with van der Waals surface area (Å²) >= 11 is 0. The lowest BCUT2D eigenvalue weighted by atomic mass is 10.00. The number of amides is 1. The maximum Gasteiger partial charge on any atom is 0.268 e. The molecule has 5 heteroatoms. The largest absolute Gasteiger partial charge is 0.396 e. The molecule has 0 spiro atoms. The van der Waals surface area contributed by atoms with Crippen molar-refractivity contribution in [3.05, 3.63) is 23.5 Å². The fourth-order valence-corrected chi connectivity index (χ4v) is 2.31. The van der Waals surface area contributed by atoms with Crippen LogP contribution >= 0.6 is 0 Å². The number of carbonyl (C=O) groups is 1. The fraction of sp³-hybridized carbons (Fsp3) is 0.706. The topological polar surface area (TPSA) is 63.5 Å². The Bertz CT molecular complexity index is 504. The molecule has 126 valence electrons. The number of nitrogens with zero attached hydrogens (tertiary/aromatic N) is 1. The summed E-state index contributed by atoms with van der Waals surface area (Å²) in [6.45, 7) is 10.5. The van der Waals surface area contributed by atoms with Gasteiger partial charge in [-0.1, -0.05) is 0 Å². The van der Waals surface area contributed by atoms with E-state index in [1.807, 2.05) is 58.5 Å². The normalized spacial score (nSPS) is 12.5. The first-order valence-corrected chi connectivity index (χ1v) is 7.77. The van der Waals surface area contributed by atoms with Crippen LogP contribution in [0, 0.1) is 6.92 Å². The van der Waals surface area contributed by atoms with Gasteiger partial charge < -0.3 is 19.7 Å². The minimum atomic E-state index is -0.357. The first-order valence-electron chi connectivity index (χ1n) is 7.77. The molecule has 0 aliphatic rings. The van der Waals surface area contributed by atoms with E-state index < -0.39 is 0 Å². The van der Waals surface area contributed by atoms with Crippen LogP contribution in [0.4, 0.5) is 0 Å². The van der Waals surface area contributed by atoms with Gasteiger partial charge in [-0.05, 0) is 59.1 Å². The van der Waals surface area contributed by atoms with Crippen molar-refractivity contribution < 1.29 is 14.6 Å². The van der Waals surface area contributed by atoms with E-state index in [1.54, 1.807) is 0 Å². The third-order valence-electron chi connectivity index (χ3n) is 3.76. The van der Waals surface area contributed by atoms with Gasteiger partial charge in [-0.2, -0.15) is 0 Å². The van der Waals surface area contributed by atoms with Gasteiger partial charge in [0.15, 0.2) is 0 Å². The Morgan fingerprint density at radius 1 is 1.32 bits per heavy atom. The van der Waals surface area contributed by atoms with Gasteiger partial charge >= 0.3 is 0 Å². The molecular formula is C17H30N2O3. The molecule has 0 bridgehead atoms. The Labute approximate surface area is 133 Å². The van der Waals surface area contributed by atoms with E-state index in [4.69, 9.17) is 9.84 Å². The molecule has 1 aromatic heterocycles. The SMILES string of the molecule is Cc1cc(C(=O)NC(C)(C)CCOC(C)(C)CCO)n(C)c1. The summed E-state index contributed by atoms with van der Waals surface area (Å²) < 4.78 is 7.64. The number of aliphatic hydroxyl groups excluding tert-OH is 1. The maximum absolute atomic E-state index is 12.4. The van der Waals surface area contributed by atoms with E-state index >= 15 is 0 Å². The predicted molar refractivity (Wildman–Crippen MR) is 88.0 cm³/mol. The minimum absolute atomic E-state index is 0.0739. The maximum atomic E-state index is 12.4. The molecule has 1 aromatic rings. The van der Waals surface area contributed by atoms with Crippen LogP contribution in [0.15, 0.2) is 12.3 Å². The van der Waals surface area contributed by atoms with Crippen molar-refractivity contribution in [3.63, 3.8) is 0 Å². The molecule has 1 rings (SSSR count). The van der Waals surface area contributed by atoms with Crippen molar-refractivity contribution in [1.82, 2.24) is 9.88 Å². The third kappa shape index (κ3) is 5.81. The zero-order valence-corrected chi connectivity index (χ0v) is 14.7. The van der Waals surface area contributed by atoms with Crippen molar-refractivity contribution in [2.24, 2.45) is 7.05 Å². The zero-order valence-electron chi connectivity index (χ0n) is 14.7. The summed E-state index contributed by atoms with van der Waals surface area (Å²) in [7, 11) is 1.87. The molecule has 1 amide bonds. The lowest BCUT2D eigenvalue weighted by Crippen LogP contribution is -2.45. The molecule has 0 aromatic carbocycles. The van der Waals surface area contributed by atoms with Crippen LogP contribution in [0.25, 0.3) is 0 Å². The van der Waals surface area contributed by atoms with Crippen molar-refractivity contribution in [2.45, 2.75) is 58.6 Å². The van der Waals surface area contributed by atoms with Crippen molar-refractivity contribution in [3.8, 4) is 0 Å². The van der Waals surface area contributed by atoms with E-state index in [-0.39, 0.29) is 23.7 Å². The van der Waals surface area contributed by atoms with Gasteiger partial charge in [0.05, 0.1) is 5.60 Å². The van der Waals surface area contributed by atoms with Crippen LogP contribution in [0.2, 0.25) is 0 Å². The van der Waals surface area contributed by atoms with Crippen molar-refractivity contribution >= 4 is 5.91 Å².